The van der Waals surface area contributed by atoms with Crippen LogP contribution in [0.1, 0.15) is 31.7 Å². The van der Waals surface area contributed by atoms with Gasteiger partial charge in [0.1, 0.15) is 0 Å². The second-order valence-electron chi connectivity index (χ2n) is 4.05. The van der Waals surface area contributed by atoms with E-state index < -0.39 is 0 Å². The molecule has 0 bridgehead atoms. The summed E-state index contributed by atoms with van der Waals surface area (Å²) in [7, 11) is 0. The molecule has 3 heteroatoms. The third-order valence-corrected chi connectivity index (χ3v) is 2.83. The third-order valence-electron chi connectivity index (χ3n) is 2.83. The van der Waals surface area contributed by atoms with Gasteiger partial charge in [-0.05, 0) is 26.2 Å². The number of hydrogen-bond donors (Lipinski definition) is 1. The van der Waals surface area contributed by atoms with Gasteiger partial charge in [-0.3, -0.25) is 4.68 Å². The van der Waals surface area contributed by atoms with Crippen LogP contribution in [0.3, 0.4) is 0 Å². The molecule has 1 N–H and O–H groups in total. The molecule has 0 spiro atoms. The van der Waals surface area contributed by atoms with Crippen LogP contribution < -0.4 is 5.32 Å². The highest BCUT2D eigenvalue weighted by Gasteiger charge is 2.07. The molecule has 1 unspecified atom stereocenters. The zero-order chi connectivity index (χ0) is 10.5. The second-order valence-corrected chi connectivity index (χ2v) is 4.05. The zero-order valence-electron chi connectivity index (χ0n) is 9.32. The zero-order valence-corrected chi connectivity index (χ0v) is 9.32. The minimum absolute atomic E-state index is 0.559. The lowest BCUT2D eigenvalue weighted by atomic mass is 10.0. The van der Waals surface area contributed by atoms with Crippen molar-refractivity contribution in [2.24, 2.45) is 0 Å². The number of aromatic nitrogens is 2. The van der Waals surface area contributed by atoms with E-state index in [1.165, 1.54) is 24.8 Å². The molecule has 1 aromatic heterocycles. The van der Waals surface area contributed by atoms with E-state index in [4.69, 9.17) is 0 Å². The first kappa shape index (κ1) is 10.4. The molecule has 1 heterocycles. The Bertz CT molecular complexity index is 327. The minimum atomic E-state index is 0.559. The Morgan fingerprint density at radius 2 is 2.53 bits per heavy atom. The van der Waals surface area contributed by atoms with Gasteiger partial charge in [-0.15, -0.1) is 0 Å². The Morgan fingerprint density at radius 3 is 3.20 bits per heavy atom. The predicted octanol–water partition coefficient (Wildman–Crippen LogP) is 2.10. The van der Waals surface area contributed by atoms with Crippen molar-refractivity contribution in [2.45, 2.75) is 45.3 Å². The fourth-order valence-corrected chi connectivity index (χ4v) is 1.90. The van der Waals surface area contributed by atoms with Gasteiger partial charge in [0.15, 0.2) is 0 Å². The van der Waals surface area contributed by atoms with E-state index in [9.17, 15) is 0 Å². The van der Waals surface area contributed by atoms with Crippen LogP contribution in [0, 0.1) is 0 Å². The molecule has 1 aliphatic carbocycles. The normalized spacial score (nSPS) is 20.7. The van der Waals surface area contributed by atoms with Crippen molar-refractivity contribution in [1.29, 1.82) is 0 Å². The maximum Gasteiger partial charge on any atom is 0.0534 e. The van der Waals surface area contributed by atoms with Gasteiger partial charge in [-0.1, -0.05) is 12.2 Å². The molecule has 0 amide bonds. The maximum absolute atomic E-state index is 4.26. The van der Waals surface area contributed by atoms with E-state index in [1.54, 1.807) is 0 Å². The van der Waals surface area contributed by atoms with Gasteiger partial charge in [-0.2, -0.15) is 5.10 Å². The molecule has 1 aliphatic rings. The Balaban J connectivity index is 1.81. The summed E-state index contributed by atoms with van der Waals surface area (Å²) < 4.78 is 1.97. The van der Waals surface area contributed by atoms with Crippen molar-refractivity contribution >= 4 is 0 Å². The van der Waals surface area contributed by atoms with Gasteiger partial charge in [0.05, 0.1) is 6.20 Å². The van der Waals surface area contributed by atoms with Crippen LogP contribution in [0.25, 0.3) is 0 Å². The molecule has 1 atom stereocenters. The highest BCUT2D eigenvalue weighted by molar-refractivity contribution is 5.05. The Kier molecular flexibility index (Phi) is 3.56. The van der Waals surface area contributed by atoms with Crippen molar-refractivity contribution in [3.8, 4) is 0 Å². The number of hydrogen-bond acceptors (Lipinski definition) is 2. The summed E-state index contributed by atoms with van der Waals surface area (Å²) in [6.45, 7) is 3.98. The third kappa shape index (κ3) is 2.93. The number of aryl methyl sites for hydroxylation is 1. The molecule has 0 aromatic carbocycles. The van der Waals surface area contributed by atoms with Gasteiger partial charge in [0.2, 0.25) is 0 Å². The molecule has 0 aliphatic heterocycles. The molecule has 1 aromatic rings. The highest BCUT2D eigenvalue weighted by Crippen LogP contribution is 2.10. The van der Waals surface area contributed by atoms with E-state index in [0.717, 1.165) is 13.1 Å². The van der Waals surface area contributed by atoms with E-state index in [1.807, 2.05) is 10.9 Å². The Morgan fingerprint density at radius 1 is 1.60 bits per heavy atom. The summed E-state index contributed by atoms with van der Waals surface area (Å²) in [6.07, 6.45) is 12.4. The van der Waals surface area contributed by atoms with Crippen LogP contribution in [-0.2, 0) is 13.1 Å². The van der Waals surface area contributed by atoms with Crippen molar-refractivity contribution in [1.82, 2.24) is 15.1 Å². The maximum atomic E-state index is 4.26. The number of nitrogens with zero attached hydrogens (tertiary/aromatic N) is 2. The first-order valence-corrected chi connectivity index (χ1v) is 5.80. The topological polar surface area (TPSA) is 29.9 Å². The Hall–Kier alpha value is -1.09. The van der Waals surface area contributed by atoms with Crippen molar-refractivity contribution < 1.29 is 0 Å². The van der Waals surface area contributed by atoms with Crippen LogP contribution in [0.2, 0.25) is 0 Å². The quantitative estimate of drug-likeness (QED) is 0.763. The predicted molar refractivity (Wildman–Crippen MR) is 61.5 cm³/mol. The number of nitrogens with one attached hydrogen (secondary N) is 1. The molecular weight excluding hydrogens is 186 g/mol. The summed E-state index contributed by atoms with van der Waals surface area (Å²) in [4.78, 5) is 0. The fraction of sp³-hybridized carbons (Fsp3) is 0.583. The lowest BCUT2D eigenvalue weighted by Crippen LogP contribution is -2.27. The average Bonchev–Trinajstić information content (AvgIpc) is 2.76. The van der Waals surface area contributed by atoms with Crippen molar-refractivity contribution in [3.05, 3.63) is 30.1 Å². The monoisotopic (exact) mass is 205 g/mol. The van der Waals surface area contributed by atoms with Gasteiger partial charge in [-0.25, -0.2) is 0 Å². The van der Waals surface area contributed by atoms with Crippen molar-refractivity contribution in [2.75, 3.05) is 0 Å². The lowest BCUT2D eigenvalue weighted by Gasteiger charge is -2.17. The molecule has 82 valence electrons. The van der Waals surface area contributed by atoms with E-state index >= 15 is 0 Å². The average molecular weight is 205 g/mol. The summed E-state index contributed by atoms with van der Waals surface area (Å²) in [6, 6.07) is 0.559. The first-order valence-electron chi connectivity index (χ1n) is 5.80. The molecular formula is C12H19N3. The number of rotatable bonds is 4. The lowest BCUT2D eigenvalue weighted by molar-refractivity contribution is 0.522. The Labute approximate surface area is 91.2 Å². The second kappa shape index (κ2) is 5.12. The molecule has 2 rings (SSSR count). The largest absolute Gasteiger partial charge is 0.306 e. The number of allylic oxidation sites excluding steroid dienone is 1. The van der Waals surface area contributed by atoms with E-state index in [2.05, 4.69) is 35.7 Å². The molecule has 3 nitrogen and oxygen atoms in total. The summed E-state index contributed by atoms with van der Waals surface area (Å²) in [5.41, 5.74) is 1.27. The smallest absolute Gasteiger partial charge is 0.0534 e. The van der Waals surface area contributed by atoms with Gasteiger partial charge in [0, 0.05) is 30.9 Å². The summed E-state index contributed by atoms with van der Waals surface area (Å²) in [5, 5.41) is 7.79. The van der Waals surface area contributed by atoms with Gasteiger partial charge < -0.3 is 5.32 Å². The van der Waals surface area contributed by atoms with Crippen LogP contribution >= 0.6 is 0 Å². The van der Waals surface area contributed by atoms with Crippen LogP contribution in [0.4, 0.5) is 0 Å². The summed E-state index contributed by atoms with van der Waals surface area (Å²) >= 11 is 0. The molecule has 15 heavy (non-hydrogen) atoms. The van der Waals surface area contributed by atoms with Gasteiger partial charge >= 0.3 is 0 Å². The molecule has 0 radical (unpaired) electrons. The first-order chi connectivity index (χ1) is 7.38. The van der Waals surface area contributed by atoms with Gasteiger partial charge in [0.25, 0.3) is 0 Å². The molecule has 0 saturated carbocycles. The molecule has 0 saturated heterocycles. The van der Waals surface area contributed by atoms with Crippen LogP contribution in [0.5, 0.6) is 0 Å². The van der Waals surface area contributed by atoms with E-state index in [0.29, 0.717) is 6.04 Å². The van der Waals surface area contributed by atoms with Crippen LogP contribution in [0.15, 0.2) is 24.5 Å². The van der Waals surface area contributed by atoms with Crippen LogP contribution in [-0.4, -0.2) is 15.8 Å². The van der Waals surface area contributed by atoms with Crippen molar-refractivity contribution in [3.63, 3.8) is 0 Å². The molecule has 0 fully saturated rings. The SMILES string of the molecule is CCn1cc(CNC2C=CCCC2)cn1. The highest BCUT2D eigenvalue weighted by atomic mass is 15.3. The minimum Gasteiger partial charge on any atom is -0.306 e. The fourth-order valence-electron chi connectivity index (χ4n) is 1.90. The van der Waals surface area contributed by atoms with E-state index in [-0.39, 0.29) is 0 Å². The standard InChI is InChI=1S/C12H19N3/c1-2-15-10-11(9-14-15)8-13-12-6-4-3-5-7-12/h4,6,9-10,12-13H,2-3,5,7-8H2,1H3. The summed E-state index contributed by atoms with van der Waals surface area (Å²) in [5.74, 6) is 0.